The number of nitrogens with zero attached hydrogens (tertiary/aromatic N) is 2. The highest BCUT2D eigenvalue weighted by molar-refractivity contribution is 8.01. The third kappa shape index (κ3) is 3.42. The van der Waals surface area contributed by atoms with Crippen LogP contribution in [0.1, 0.15) is 19.5 Å². The summed E-state index contributed by atoms with van der Waals surface area (Å²) in [6.45, 7) is 5.83. The molecule has 2 aromatic heterocycles. The minimum Gasteiger partial charge on any atom is -0.302 e. The van der Waals surface area contributed by atoms with E-state index in [1.165, 1.54) is 0 Å². The fourth-order valence-electron chi connectivity index (χ4n) is 2.42. The van der Waals surface area contributed by atoms with Gasteiger partial charge in [-0.3, -0.25) is 9.97 Å². The second-order valence-corrected chi connectivity index (χ2v) is 7.75. The molecule has 0 radical (unpaired) electrons. The van der Waals surface area contributed by atoms with Gasteiger partial charge in [0.1, 0.15) is 6.29 Å². The van der Waals surface area contributed by atoms with E-state index < -0.39 is 4.75 Å². The van der Waals surface area contributed by atoms with Gasteiger partial charge in [0.2, 0.25) is 0 Å². The van der Waals surface area contributed by atoms with E-state index in [-0.39, 0.29) is 0 Å². The lowest BCUT2D eigenvalue weighted by Gasteiger charge is -2.17. The highest BCUT2D eigenvalue weighted by atomic mass is 32.2. The first-order chi connectivity index (χ1) is 11.0. The van der Waals surface area contributed by atoms with Gasteiger partial charge in [0.05, 0.1) is 10.3 Å². The van der Waals surface area contributed by atoms with Crippen molar-refractivity contribution in [1.82, 2.24) is 9.97 Å². The van der Waals surface area contributed by atoms with E-state index in [1.807, 2.05) is 45.2 Å². The summed E-state index contributed by atoms with van der Waals surface area (Å²) in [4.78, 5) is 21.0. The topological polar surface area (TPSA) is 42.9 Å². The predicted octanol–water partition coefficient (Wildman–Crippen LogP) is 4.67. The Bertz CT molecular complexity index is 874. The van der Waals surface area contributed by atoms with Crippen LogP contribution < -0.4 is 0 Å². The van der Waals surface area contributed by atoms with Crippen LogP contribution in [0.15, 0.2) is 53.7 Å². The summed E-state index contributed by atoms with van der Waals surface area (Å²) in [7, 11) is 0. The zero-order chi connectivity index (χ0) is 16.4. The lowest BCUT2D eigenvalue weighted by molar-refractivity contribution is -0.109. The van der Waals surface area contributed by atoms with Crippen LogP contribution in [-0.2, 0) is 4.79 Å². The van der Waals surface area contributed by atoms with Gasteiger partial charge in [-0.25, -0.2) is 0 Å². The van der Waals surface area contributed by atoms with E-state index in [9.17, 15) is 4.79 Å². The summed E-state index contributed by atoms with van der Waals surface area (Å²) >= 11 is 1.56. The molecule has 0 fully saturated rings. The molecule has 0 saturated heterocycles. The largest absolute Gasteiger partial charge is 0.302 e. The van der Waals surface area contributed by atoms with Crippen LogP contribution in [0, 0.1) is 6.92 Å². The number of pyridine rings is 2. The molecule has 0 spiro atoms. The molecule has 2 heterocycles. The van der Waals surface area contributed by atoms with Gasteiger partial charge in [-0.1, -0.05) is 6.07 Å². The van der Waals surface area contributed by atoms with Gasteiger partial charge < -0.3 is 4.79 Å². The zero-order valence-corrected chi connectivity index (χ0v) is 14.2. The molecule has 0 amide bonds. The van der Waals surface area contributed by atoms with Gasteiger partial charge in [-0.2, -0.15) is 0 Å². The number of thioether (sulfide) groups is 1. The average Bonchev–Trinajstić information content (AvgIpc) is 2.54. The SMILES string of the molecule is Cc1cc(-c2ccc3nccc(SC(C)(C)C=O)c3c2)ccn1. The van der Waals surface area contributed by atoms with Gasteiger partial charge in [0.15, 0.2) is 0 Å². The van der Waals surface area contributed by atoms with Crippen molar-refractivity contribution in [1.29, 1.82) is 0 Å². The lowest BCUT2D eigenvalue weighted by Crippen LogP contribution is -2.15. The standard InChI is InChI=1S/C19H18N2OS/c1-13-10-15(6-8-20-13)14-4-5-17-16(11-14)18(7-9-21-17)23-19(2,3)12-22/h4-12H,1-3H3. The molecule has 0 aliphatic carbocycles. The molecule has 0 unspecified atom stereocenters. The molecular weight excluding hydrogens is 304 g/mol. The van der Waals surface area contributed by atoms with Crippen molar-refractivity contribution in [2.45, 2.75) is 30.4 Å². The number of hydrogen-bond acceptors (Lipinski definition) is 4. The molecule has 0 aliphatic rings. The molecule has 1 aromatic carbocycles. The van der Waals surface area contributed by atoms with Crippen molar-refractivity contribution in [3.8, 4) is 11.1 Å². The molecule has 3 rings (SSSR count). The fraction of sp³-hybridized carbons (Fsp3) is 0.211. The maximum atomic E-state index is 11.2. The molecule has 23 heavy (non-hydrogen) atoms. The van der Waals surface area contributed by atoms with Crippen molar-refractivity contribution < 1.29 is 4.79 Å². The van der Waals surface area contributed by atoms with Crippen LogP contribution in [0.3, 0.4) is 0 Å². The van der Waals surface area contributed by atoms with Gasteiger partial charge in [0.25, 0.3) is 0 Å². The maximum absolute atomic E-state index is 11.2. The number of fused-ring (bicyclic) bond motifs is 1. The Morgan fingerprint density at radius 3 is 2.48 bits per heavy atom. The van der Waals surface area contributed by atoms with Crippen LogP contribution >= 0.6 is 11.8 Å². The fourth-order valence-corrected chi connectivity index (χ4v) is 3.44. The molecule has 0 aliphatic heterocycles. The van der Waals surface area contributed by atoms with Gasteiger partial charge >= 0.3 is 0 Å². The number of aryl methyl sites for hydroxylation is 1. The van der Waals surface area contributed by atoms with Gasteiger partial charge in [0, 0.05) is 28.4 Å². The summed E-state index contributed by atoms with van der Waals surface area (Å²) in [5, 5.41) is 1.07. The molecule has 0 N–H and O–H groups in total. The van der Waals surface area contributed by atoms with E-state index >= 15 is 0 Å². The predicted molar refractivity (Wildman–Crippen MR) is 95.7 cm³/mol. The van der Waals surface area contributed by atoms with Crippen molar-refractivity contribution in [3.05, 3.63) is 54.5 Å². The highest BCUT2D eigenvalue weighted by Gasteiger charge is 2.19. The van der Waals surface area contributed by atoms with Crippen LogP contribution in [0.25, 0.3) is 22.0 Å². The first-order valence-electron chi connectivity index (χ1n) is 7.46. The summed E-state index contributed by atoms with van der Waals surface area (Å²) in [5.74, 6) is 0. The molecule has 3 aromatic rings. The number of rotatable bonds is 4. The molecule has 4 heteroatoms. The number of benzene rings is 1. The quantitative estimate of drug-likeness (QED) is 0.517. The number of aromatic nitrogens is 2. The van der Waals surface area contributed by atoms with Crippen molar-refractivity contribution >= 4 is 29.0 Å². The summed E-state index contributed by atoms with van der Waals surface area (Å²) in [5.41, 5.74) is 4.19. The van der Waals surface area contributed by atoms with Crippen LogP contribution in [0.2, 0.25) is 0 Å². The van der Waals surface area contributed by atoms with E-state index in [0.29, 0.717) is 0 Å². The van der Waals surface area contributed by atoms with Crippen LogP contribution in [0.4, 0.5) is 0 Å². The second kappa shape index (κ2) is 6.13. The van der Waals surface area contributed by atoms with Crippen molar-refractivity contribution in [2.75, 3.05) is 0 Å². The molecule has 0 bridgehead atoms. The zero-order valence-electron chi connectivity index (χ0n) is 13.4. The minimum atomic E-state index is -0.461. The average molecular weight is 322 g/mol. The van der Waals surface area contributed by atoms with Crippen LogP contribution in [0.5, 0.6) is 0 Å². The van der Waals surface area contributed by atoms with E-state index in [0.717, 1.165) is 38.9 Å². The third-order valence-corrected chi connectivity index (χ3v) is 4.79. The summed E-state index contributed by atoms with van der Waals surface area (Å²) < 4.78 is -0.461. The first kappa shape index (κ1) is 15.7. The third-order valence-electron chi connectivity index (χ3n) is 3.59. The Morgan fingerprint density at radius 1 is 1.00 bits per heavy atom. The lowest BCUT2D eigenvalue weighted by atomic mass is 10.0. The first-order valence-corrected chi connectivity index (χ1v) is 8.27. The Kier molecular flexibility index (Phi) is 4.18. The Labute approximate surface area is 140 Å². The van der Waals surface area contributed by atoms with Crippen LogP contribution in [-0.4, -0.2) is 21.0 Å². The minimum absolute atomic E-state index is 0.461. The molecule has 0 atom stereocenters. The van der Waals surface area contributed by atoms with E-state index in [4.69, 9.17) is 0 Å². The van der Waals surface area contributed by atoms with E-state index in [2.05, 4.69) is 28.2 Å². The van der Waals surface area contributed by atoms with Gasteiger partial charge in [-0.15, -0.1) is 11.8 Å². The highest BCUT2D eigenvalue weighted by Crippen LogP contribution is 2.36. The summed E-state index contributed by atoms with van der Waals surface area (Å²) in [6, 6.07) is 12.3. The van der Waals surface area contributed by atoms with E-state index in [1.54, 1.807) is 18.0 Å². The Hall–Kier alpha value is -2.20. The maximum Gasteiger partial charge on any atom is 0.135 e. The molecule has 116 valence electrons. The normalized spacial score (nSPS) is 11.6. The smallest absolute Gasteiger partial charge is 0.135 e. The number of carbonyl (C=O) groups excluding carboxylic acids is 1. The van der Waals surface area contributed by atoms with Crippen molar-refractivity contribution in [3.63, 3.8) is 0 Å². The van der Waals surface area contributed by atoms with Crippen molar-refractivity contribution in [2.24, 2.45) is 0 Å². The second-order valence-electron chi connectivity index (χ2n) is 6.05. The van der Waals surface area contributed by atoms with Gasteiger partial charge in [-0.05, 0) is 62.2 Å². The molecule has 0 saturated carbocycles. The number of aldehydes is 1. The summed E-state index contributed by atoms with van der Waals surface area (Å²) in [6.07, 6.45) is 4.60. The number of carbonyl (C=O) groups is 1. The Balaban J connectivity index is 2.12. The molecular formula is C19H18N2OS. The number of hydrogen-bond donors (Lipinski definition) is 0. The monoisotopic (exact) mass is 322 g/mol. The molecule has 3 nitrogen and oxygen atoms in total. The Morgan fingerprint density at radius 2 is 1.74 bits per heavy atom.